The maximum atomic E-state index is 12.5. The van der Waals surface area contributed by atoms with Crippen molar-refractivity contribution in [1.29, 1.82) is 0 Å². The molecule has 3 aromatic heterocycles. The third-order valence-electron chi connectivity index (χ3n) is 9.68. The van der Waals surface area contributed by atoms with Crippen LogP contribution in [-0.2, 0) is 24.9 Å². The average molecular weight is 685 g/mol. The maximum Gasteiger partial charge on any atom is 0.354 e. The number of carboxylic acid groups (broad SMARTS) is 1. The summed E-state index contributed by atoms with van der Waals surface area (Å²) in [6.45, 7) is 4.25. The summed E-state index contributed by atoms with van der Waals surface area (Å²) >= 11 is 0. The zero-order valence-corrected chi connectivity index (χ0v) is 28.8. The number of aromatic nitrogens is 8. The van der Waals surface area contributed by atoms with Crippen molar-refractivity contribution >= 4 is 11.6 Å². The predicted molar refractivity (Wildman–Crippen MR) is 199 cm³/mol. The summed E-state index contributed by atoms with van der Waals surface area (Å²) in [5.74, 6) is 0.297. The van der Waals surface area contributed by atoms with Crippen LogP contribution in [-0.4, -0.2) is 50.7 Å². The molecule has 1 N–H and O–H groups in total. The molecule has 0 atom stereocenters. The molecule has 52 heavy (non-hydrogen) atoms. The Morgan fingerprint density at radius 3 is 1.79 bits per heavy atom. The van der Waals surface area contributed by atoms with E-state index in [2.05, 4.69) is 76.0 Å². The Morgan fingerprint density at radius 1 is 0.692 bits per heavy atom. The van der Waals surface area contributed by atoms with Gasteiger partial charge in [-0.05, 0) is 50.2 Å². The van der Waals surface area contributed by atoms with Crippen molar-refractivity contribution in [2.24, 2.45) is 0 Å². The van der Waals surface area contributed by atoms with Crippen LogP contribution < -0.4 is 0 Å². The summed E-state index contributed by atoms with van der Waals surface area (Å²) in [6.07, 6.45) is 1.20. The first-order valence-electron chi connectivity index (χ1n) is 17.4. The van der Waals surface area contributed by atoms with Gasteiger partial charge in [0.15, 0.2) is 23.0 Å². The second-order valence-corrected chi connectivity index (χ2v) is 12.6. The summed E-state index contributed by atoms with van der Waals surface area (Å²) in [5, 5.41) is 28.6. The standard InChI is InChI=1S/C42H36N8O2/c1-3-34-38(41(51)52)48(50-39(34)43-37(4-2)45-50)28-29-24-26-30(27-25-29)35-22-14-15-23-36(35)40-44-46-47-49(40)42(31-16-8-5-9-17-31,32-18-10-6-11-19-32)33-20-12-7-13-21-33/h5-27H,3-4,28H2,1-2H3,(H,51,52). The molecular weight excluding hydrogens is 649 g/mol. The molecule has 8 rings (SSSR count). The van der Waals surface area contributed by atoms with Crippen LogP contribution in [0.4, 0.5) is 0 Å². The Balaban J connectivity index is 1.24. The number of aromatic carboxylic acids is 1. The van der Waals surface area contributed by atoms with Crippen molar-refractivity contribution in [1.82, 2.24) is 39.6 Å². The number of nitrogens with zero attached hydrogens (tertiary/aromatic N) is 8. The molecule has 0 spiro atoms. The lowest BCUT2D eigenvalue weighted by Crippen LogP contribution is -2.39. The summed E-state index contributed by atoms with van der Waals surface area (Å²) in [4.78, 5) is 17.1. The van der Waals surface area contributed by atoms with Gasteiger partial charge < -0.3 is 5.11 Å². The van der Waals surface area contributed by atoms with Crippen LogP contribution in [0.15, 0.2) is 140 Å². The molecule has 0 amide bonds. The van der Waals surface area contributed by atoms with E-state index in [9.17, 15) is 9.90 Å². The van der Waals surface area contributed by atoms with E-state index in [1.807, 2.05) is 97.4 Å². The monoisotopic (exact) mass is 684 g/mol. The van der Waals surface area contributed by atoms with E-state index in [0.717, 1.165) is 38.9 Å². The second kappa shape index (κ2) is 13.6. The lowest BCUT2D eigenvalue weighted by atomic mass is 9.77. The highest BCUT2D eigenvalue weighted by Crippen LogP contribution is 2.43. The summed E-state index contributed by atoms with van der Waals surface area (Å²) in [7, 11) is 0. The van der Waals surface area contributed by atoms with Crippen LogP contribution in [0.2, 0.25) is 0 Å². The topological polar surface area (TPSA) is 116 Å². The number of carboxylic acids is 1. The first-order valence-corrected chi connectivity index (χ1v) is 17.4. The number of hydrogen-bond donors (Lipinski definition) is 1. The fraction of sp³-hybridized carbons (Fsp3) is 0.143. The van der Waals surface area contributed by atoms with Gasteiger partial charge in [0.25, 0.3) is 0 Å². The summed E-state index contributed by atoms with van der Waals surface area (Å²) in [5.41, 5.74) is 7.39. The van der Waals surface area contributed by atoms with Crippen LogP contribution in [0.3, 0.4) is 0 Å². The van der Waals surface area contributed by atoms with E-state index in [0.29, 0.717) is 42.2 Å². The Labute approximate surface area is 300 Å². The van der Waals surface area contributed by atoms with Gasteiger partial charge in [0.05, 0.1) is 6.54 Å². The molecule has 8 aromatic rings. The normalized spacial score (nSPS) is 11.7. The lowest BCUT2D eigenvalue weighted by molar-refractivity contribution is 0.0681. The Hall–Kier alpha value is -6.68. The van der Waals surface area contributed by atoms with Crippen LogP contribution in [0.1, 0.15) is 58.0 Å². The molecule has 0 aliphatic carbocycles. The van der Waals surface area contributed by atoms with Crippen molar-refractivity contribution < 1.29 is 9.90 Å². The first kappa shape index (κ1) is 32.5. The molecule has 0 fully saturated rings. The predicted octanol–water partition coefficient (Wildman–Crippen LogP) is 7.56. The Bertz CT molecular complexity index is 2390. The minimum atomic E-state index is -0.997. The molecule has 0 saturated carbocycles. The Kier molecular flexibility index (Phi) is 8.48. The van der Waals surface area contributed by atoms with Gasteiger partial charge in [-0.3, -0.25) is 4.68 Å². The zero-order chi connectivity index (χ0) is 35.7. The van der Waals surface area contributed by atoms with Crippen LogP contribution in [0.25, 0.3) is 28.2 Å². The van der Waals surface area contributed by atoms with E-state index in [1.54, 1.807) is 9.31 Å². The molecule has 0 unspecified atom stereocenters. The number of tetrazole rings is 1. The minimum absolute atomic E-state index is 0.208. The second-order valence-electron chi connectivity index (χ2n) is 12.6. The number of aryl methyl sites for hydroxylation is 2. The van der Waals surface area contributed by atoms with Gasteiger partial charge >= 0.3 is 5.97 Å². The highest BCUT2D eigenvalue weighted by Gasteiger charge is 2.42. The van der Waals surface area contributed by atoms with Gasteiger partial charge in [-0.25, -0.2) is 14.5 Å². The molecule has 0 bridgehead atoms. The fourth-order valence-electron chi connectivity index (χ4n) is 7.30. The van der Waals surface area contributed by atoms with Crippen molar-refractivity contribution in [3.63, 3.8) is 0 Å². The van der Waals surface area contributed by atoms with Gasteiger partial charge in [-0.1, -0.05) is 153 Å². The first-order chi connectivity index (χ1) is 25.5. The number of fused-ring (bicyclic) bond motifs is 1. The lowest BCUT2D eigenvalue weighted by Gasteiger charge is -2.36. The third-order valence-corrected chi connectivity index (χ3v) is 9.68. The third kappa shape index (κ3) is 5.36. The summed E-state index contributed by atoms with van der Waals surface area (Å²) in [6, 6.07) is 47.3. The molecule has 3 heterocycles. The molecule has 0 aliphatic heterocycles. The van der Waals surface area contributed by atoms with Gasteiger partial charge in [0, 0.05) is 17.5 Å². The number of carbonyl (C=O) groups is 1. The minimum Gasteiger partial charge on any atom is -0.477 e. The van der Waals surface area contributed by atoms with E-state index >= 15 is 0 Å². The van der Waals surface area contributed by atoms with E-state index in [-0.39, 0.29) is 5.69 Å². The van der Waals surface area contributed by atoms with Crippen LogP contribution in [0.5, 0.6) is 0 Å². The van der Waals surface area contributed by atoms with Crippen LogP contribution >= 0.6 is 0 Å². The van der Waals surface area contributed by atoms with Crippen molar-refractivity contribution in [3.8, 4) is 22.5 Å². The largest absolute Gasteiger partial charge is 0.477 e. The van der Waals surface area contributed by atoms with E-state index in [4.69, 9.17) is 10.3 Å². The number of hydrogen-bond acceptors (Lipinski definition) is 6. The molecule has 10 heteroatoms. The molecule has 10 nitrogen and oxygen atoms in total. The van der Waals surface area contributed by atoms with E-state index < -0.39 is 11.5 Å². The van der Waals surface area contributed by atoms with Crippen molar-refractivity contribution in [2.75, 3.05) is 0 Å². The van der Waals surface area contributed by atoms with Gasteiger partial charge in [0.1, 0.15) is 5.54 Å². The number of rotatable bonds is 11. The van der Waals surface area contributed by atoms with Crippen LogP contribution in [0, 0.1) is 0 Å². The quantitative estimate of drug-likeness (QED) is 0.140. The van der Waals surface area contributed by atoms with Crippen molar-refractivity contribution in [3.05, 3.63) is 179 Å². The zero-order valence-electron chi connectivity index (χ0n) is 28.8. The molecule has 0 saturated heterocycles. The summed E-state index contributed by atoms with van der Waals surface area (Å²) < 4.78 is 5.29. The average Bonchev–Trinajstić information content (AvgIpc) is 3.92. The molecular formula is C42H36N8O2. The van der Waals surface area contributed by atoms with E-state index in [1.165, 1.54) is 0 Å². The smallest absolute Gasteiger partial charge is 0.354 e. The molecule has 256 valence electrons. The Morgan fingerprint density at radius 2 is 1.25 bits per heavy atom. The van der Waals surface area contributed by atoms with Gasteiger partial charge in [-0.15, -0.1) is 10.2 Å². The maximum absolute atomic E-state index is 12.5. The van der Waals surface area contributed by atoms with Crippen molar-refractivity contribution in [2.45, 2.75) is 38.8 Å². The highest BCUT2D eigenvalue weighted by molar-refractivity contribution is 5.90. The SMILES string of the molecule is CCc1nc2c(CC)c(C(=O)O)n(Cc3ccc(-c4ccccc4-c4nnnn4C(c4ccccc4)(c4ccccc4)c4ccccc4)cc3)n2n1. The van der Waals surface area contributed by atoms with Gasteiger partial charge in [-0.2, -0.15) is 4.63 Å². The van der Waals surface area contributed by atoms with Gasteiger partial charge in [0.2, 0.25) is 0 Å². The molecule has 0 aliphatic rings. The fourth-order valence-corrected chi connectivity index (χ4v) is 7.30. The number of benzene rings is 5. The highest BCUT2D eigenvalue weighted by atomic mass is 16.4. The molecule has 0 radical (unpaired) electrons. The molecule has 5 aromatic carbocycles.